The van der Waals surface area contributed by atoms with Crippen molar-refractivity contribution >= 4 is 11.8 Å². The zero-order valence-corrected chi connectivity index (χ0v) is 14.6. The number of aliphatic hydroxyl groups is 1. The lowest BCUT2D eigenvalue weighted by Crippen LogP contribution is -2.14. The van der Waals surface area contributed by atoms with Crippen LogP contribution in [0.15, 0.2) is 36.5 Å². The maximum absolute atomic E-state index is 12.0. The first kappa shape index (κ1) is 20.4. The summed E-state index contributed by atoms with van der Waals surface area (Å²) in [6.07, 6.45) is 17.0. The quantitative estimate of drug-likeness (QED) is 0.417. The predicted octanol–water partition coefficient (Wildman–Crippen LogP) is 4.06. The van der Waals surface area contributed by atoms with Crippen molar-refractivity contribution in [2.45, 2.75) is 64.4 Å². The van der Waals surface area contributed by atoms with Crippen molar-refractivity contribution in [1.29, 1.82) is 0 Å². The maximum Gasteiger partial charge on any atom is 0.303 e. The number of allylic oxidation sites excluding steroid dienone is 5. The Bertz CT molecular complexity index is 476. The highest BCUT2D eigenvalue weighted by Crippen LogP contribution is 2.27. The monoisotopic (exact) mass is 334 g/mol. The Kier molecular flexibility index (Phi) is 10.0. The van der Waals surface area contributed by atoms with E-state index in [9.17, 15) is 14.7 Å². The highest BCUT2D eigenvalue weighted by Gasteiger charge is 2.26. The van der Waals surface area contributed by atoms with Crippen LogP contribution in [0.2, 0.25) is 0 Å². The number of aliphatic hydroxyl groups excluding tert-OH is 1. The lowest BCUT2D eigenvalue weighted by atomic mass is 9.90. The van der Waals surface area contributed by atoms with E-state index in [1.807, 2.05) is 24.3 Å². The Balaban J connectivity index is 2.38. The van der Waals surface area contributed by atoms with Crippen LogP contribution in [0.5, 0.6) is 0 Å². The summed E-state index contributed by atoms with van der Waals surface area (Å²) in [4.78, 5) is 22.4. The van der Waals surface area contributed by atoms with Gasteiger partial charge in [0.1, 0.15) is 0 Å². The third kappa shape index (κ3) is 8.25. The molecule has 0 aromatic carbocycles. The molecule has 0 radical (unpaired) electrons. The molecule has 0 saturated heterocycles. The number of carbonyl (C=O) groups excluding carboxylic acids is 1. The molecule has 0 amide bonds. The van der Waals surface area contributed by atoms with E-state index in [0.29, 0.717) is 6.42 Å². The third-order valence-electron chi connectivity index (χ3n) is 4.28. The first-order valence-corrected chi connectivity index (χ1v) is 8.99. The van der Waals surface area contributed by atoms with Crippen LogP contribution in [-0.2, 0) is 9.59 Å². The summed E-state index contributed by atoms with van der Waals surface area (Å²) < 4.78 is 0. The number of ketones is 1. The van der Waals surface area contributed by atoms with Gasteiger partial charge in [-0.05, 0) is 37.7 Å². The largest absolute Gasteiger partial charge is 0.481 e. The lowest BCUT2D eigenvalue weighted by Gasteiger charge is -2.13. The van der Waals surface area contributed by atoms with E-state index >= 15 is 0 Å². The van der Waals surface area contributed by atoms with Crippen LogP contribution in [0.1, 0.15) is 58.3 Å². The van der Waals surface area contributed by atoms with Gasteiger partial charge in [-0.2, -0.15) is 0 Å². The molecule has 2 N–H and O–H groups in total. The molecular weight excluding hydrogens is 304 g/mol. The van der Waals surface area contributed by atoms with Crippen molar-refractivity contribution in [2.75, 3.05) is 0 Å². The summed E-state index contributed by atoms with van der Waals surface area (Å²) in [7, 11) is 0. The van der Waals surface area contributed by atoms with E-state index in [2.05, 4.69) is 6.92 Å². The number of hydrogen-bond acceptors (Lipinski definition) is 3. The fourth-order valence-electron chi connectivity index (χ4n) is 2.81. The number of rotatable bonds is 12. The van der Waals surface area contributed by atoms with Crippen molar-refractivity contribution in [2.24, 2.45) is 11.8 Å². The van der Waals surface area contributed by atoms with Gasteiger partial charge in [0.2, 0.25) is 0 Å². The van der Waals surface area contributed by atoms with Gasteiger partial charge in [0, 0.05) is 12.3 Å². The number of carbonyl (C=O) groups is 2. The molecule has 4 nitrogen and oxygen atoms in total. The lowest BCUT2D eigenvalue weighted by molar-refractivity contribution is -0.137. The summed E-state index contributed by atoms with van der Waals surface area (Å²) in [5.74, 6) is -0.728. The fourth-order valence-corrected chi connectivity index (χ4v) is 2.81. The van der Waals surface area contributed by atoms with E-state index in [4.69, 9.17) is 5.11 Å². The second kappa shape index (κ2) is 11.8. The zero-order valence-electron chi connectivity index (χ0n) is 14.6. The van der Waals surface area contributed by atoms with Crippen molar-refractivity contribution < 1.29 is 19.8 Å². The summed E-state index contributed by atoms with van der Waals surface area (Å²) in [5.41, 5.74) is 0. The number of carboxylic acids is 1. The van der Waals surface area contributed by atoms with Crippen LogP contribution in [0.3, 0.4) is 0 Å². The number of aliphatic carboxylic acids is 1. The van der Waals surface area contributed by atoms with Gasteiger partial charge < -0.3 is 10.2 Å². The molecular formula is C20H30O4. The van der Waals surface area contributed by atoms with Crippen molar-refractivity contribution in [3.05, 3.63) is 36.5 Å². The number of carboxylic acid groups (broad SMARTS) is 1. The minimum Gasteiger partial charge on any atom is -0.481 e. The predicted molar refractivity (Wildman–Crippen MR) is 95.7 cm³/mol. The molecule has 3 atom stereocenters. The van der Waals surface area contributed by atoms with Gasteiger partial charge in [-0.3, -0.25) is 9.59 Å². The second-order valence-electron chi connectivity index (χ2n) is 6.39. The third-order valence-corrected chi connectivity index (χ3v) is 4.28. The minimum absolute atomic E-state index is 0.0938. The Morgan fingerprint density at radius 3 is 2.79 bits per heavy atom. The van der Waals surface area contributed by atoms with Crippen LogP contribution < -0.4 is 0 Å². The Morgan fingerprint density at radius 1 is 1.29 bits per heavy atom. The van der Waals surface area contributed by atoms with Gasteiger partial charge in [0.05, 0.1) is 6.10 Å². The van der Waals surface area contributed by atoms with Crippen molar-refractivity contribution in [1.82, 2.24) is 0 Å². The first-order valence-electron chi connectivity index (χ1n) is 8.99. The van der Waals surface area contributed by atoms with Crippen LogP contribution in [0, 0.1) is 11.8 Å². The second-order valence-corrected chi connectivity index (χ2v) is 6.39. The van der Waals surface area contributed by atoms with Crippen LogP contribution in [-0.4, -0.2) is 28.1 Å². The summed E-state index contributed by atoms with van der Waals surface area (Å²) in [6, 6.07) is 0. The van der Waals surface area contributed by atoms with E-state index in [0.717, 1.165) is 38.5 Å². The Hall–Kier alpha value is -1.68. The van der Waals surface area contributed by atoms with Gasteiger partial charge in [0.15, 0.2) is 5.78 Å². The normalized spacial score (nSPS) is 22.0. The Labute approximate surface area is 145 Å². The molecule has 0 unspecified atom stereocenters. The molecule has 4 heteroatoms. The van der Waals surface area contributed by atoms with E-state index < -0.39 is 12.1 Å². The molecule has 0 bridgehead atoms. The molecule has 1 aliphatic rings. The maximum atomic E-state index is 12.0. The highest BCUT2D eigenvalue weighted by atomic mass is 16.4. The van der Waals surface area contributed by atoms with Gasteiger partial charge in [-0.25, -0.2) is 0 Å². The fraction of sp³-hybridized carbons (Fsp3) is 0.600. The molecule has 1 rings (SSSR count). The average molecular weight is 334 g/mol. The number of hydrogen-bond donors (Lipinski definition) is 2. The zero-order chi connectivity index (χ0) is 17.8. The van der Waals surface area contributed by atoms with Gasteiger partial charge in [-0.15, -0.1) is 0 Å². The summed E-state index contributed by atoms with van der Waals surface area (Å²) >= 11 is 0. The Morgan fingerprint density at radius 2 is 2.08 bits per heavy atom. The minimum atomic E-state index is -0.768. The van der Waals surface area contributed by atoms with Crippen molar-refractivity contribution in [3.63, 3.8) is 0 Å². The molecule has 0 aromatic heterocycles. The SMILES string of the molecule is CCCCC[C@H](O)/C=C/[C@@H]1C(=O)C=C[C@@H]1C/C=C/CCCC(=O)O. The molecule has 0 saturated carbocycles. The summed E-state index contributed by atoms with van der Waals surface area (Å²) in [5, 5.41) is 18.5. The van der Waals surface area contributed by atoms with Gasteiger partial charge in [-0.1, -0.05) is 56.6 Å². The molecule has 134 valence electrons. The number of unbranched alkanes of at least 4 members (excludes halogenated alkanes) is 3. The molecule has 0 fully saturated rings. The topological polar surface area (TPSA) is 74.6 Å². The van der Waals surface area contributed by atoms with Crippen molar-refractivity contribution in [3.8, 4) is 0 Å². The smallest absolute Gasteiger partial charge is 0.303 e. The van der Waals surface area contributed by atoms with Crippen LogP contribution >= 0.6 is 0 Å². The standard InChI is InChI=1S/C20H30O4/c1-2-3-6-10-17(21)13-14-18-16(12-15-19(18)22)9-7-4-5-8-11-20(23)24/h4,7,12-18,21H,2-3,5-6,8-11H2,1H3,(H,23,24)/b7-4+,14-13+/t16-,17-,18-/m0/s1. The van der Waals surface area contributed by atoms with Crippen LogP contribution in [0.25, 0.3) is 0 Å². The first-order chi connectivity index (χ1) is 11.5. The highest BCUT2D eigenvalue weighted by molar-refractivity contribution is 5.95. The molecule has 24 heavy (non-hydrogen) atoms. The van der Waals surface area contributed by atoms with Gasteiger partial charge in [0.25, 0.3) is 0 Å². The molecule has 0 aromatic rings. The average Bonchev–Trinajstić information content (AvgIpc) is 2.89. The van der Waals surface area contributed by atoms with E-state index in [1.54, 1.807) is 12.2 Å². The molecule has 1 aliphatic carbocycles. The van der Waals surface area contributed by atoms with E-state index in [1.165, 1.54) is 0 Å². The van der Waals surface area contributed by atoms with E-state index in [-0.39, 0.29) is 24.0 Å². The molecule has 0 heterocycles. The van der Waals surface area contributed by atoms with Crippen LogP contribution in [0.4, 0.5) is 0 Å². The molecule has 0 aliphatic heterocycles. The summed E-state index contributed by atoms with van der Waals surface area (Å²) in [6.45, 7) is 2.13. The van der Waals surface area contributed by atoms with Gasteiger partial charge >= 0.3 is 5.97 Å². The molecule has 0 spiro atoms.